The number of hydrogen-bond donors (Lipinski definition) is 1. The maximum absolute atomic E-state index is 12.4. The van der Waals surface area contributed by atoms with Gasteiger partial charge in [0, 0.05) is 6.04 Å². The fourth-order valence-electron chi connectivity index (χ4n) is 3.45. The van der Waals surface area contributed by atoms with Gasteiger partial charge in [0.05, 0.1) is 5.25 Å². The van der Waals surface area contributed by atoms with Gasteiger partial charge in [-0.2, -0.15) is 0 Å². The Labute approximate surface area is 125 Å². The standard InChI is InChI=1S/C14H23NO5S/c1-9(2)21(19,20)8-13(16)15-11-6-4-3-5-10(11)7-12(15)14(17)18/h9-12H,3-8H2,1-2H3,(H,17,18)/t10-,11-,12+/m1/s1. The fourth-order valence-corrected chi connectivity index (χ4v) is 4.28. The second-order valence-corrected chi connectivity index (χ2v) is 8.92. The van der Waals surface area contributed by atoms with Crippen molar-refractivity contribution < 1.29 is 23.1 Å². The molecule has 0 bridgehead atoms. The predicted molar refractivity (Wildman–Crippen MR) is 77.6 cm³/mol. The van der Waals surface area contributed by atoms with Gasteiger partial charge in [0.25, 0.3) is 0 Å². The van der Waals surface area contributed by atoms with E-state index in [0.717, 1.165) is 25.7 Å². The normalized spacial score (nSPS) is 29.5. The van der Waals surface area contributed by atoms with Crippen molar-refractivity contribution in [2.75, 3.05) is 5.75 Å². The highest BCUT2D eigenvalue weighted by Crippen LogP contribution is 2.39. The molecule has 1 heterocycles. The van der Waals surface area contributed by atoms with Crippen molar-refractivity contribution in [1.82, 2.24) is 4.90 Å². The maximum Gasteiger partial charge on any atom is 0.326 e. The van der Waals surface area contributed by atoms with Crippen LogP contribution in [0.4, 0.5) is 0 Å². The Kier molecular flexibility index (Phi) is 4.60. The van der Waals surface area contributed by atoms with Crippen molar-refractivity contribution >= 4 is 21.7 Å². The molecule has 1 N–H and O–H groups in total. The van der Waals surface area contributed by atoms with E-state index in [1.165, 1.54) is 18.7 Å². The Balaban J connectivity index is 2.21. The zero-order valence-electron chi connectivity index (χ0n) is 12.5. The summed E-state index contributed by atoms with van der Waals surface area (Å²) in [5, 5.41) is 8.71. The molecule has 0 aromatic rings. The Hall–Kier alpha value is -1.11. The van der Waals surface area contributed by atoms with Crippen LogP contribution in [0.25, 0.3) is 0 Å². The van der Waals surface area contributed by atoms with Crippen LogP contribution in [0.2, 0.25) is 0 Å². The largest absolute Gasteiger partial charge is 0.480 e. The minimum absolute atomic E-state index is 0.102. The van der Waals surface area contributed by atoms with E-state index in [-0.39, 0.29) is 12.0 Å². The summed E-state index contributed by atoms with van der Waals surface area (Å²) in [5.74, 6) is -1.96. The molecule has 7 heteroatoms. The quantitative estimate of drug-likeness (QED) is 0.837. The zero-order chi connectivity index (χ0) is 15.8. The van der Waals surface area contributed by atoms with Crippen LogP contribution in [0.1, 0.15) is 46.0 Å². The molecule has 0 unspecified atom stereocenters. The Morgan fingerprint density at radius 2 is 1.86 bits per heavy atom. The van der Waals surface area contributed by atoms with Crippen molar-refractivity contribution in [2.45, 2.75) is 63.3 Å². The van der Waals surface area contributed by atoms with E-state index in [0.29, 0.717) is 6.42 Å². The van der Waals surface area contributed by atoms with Gasteiger partial charge in [-0.05, 0) is 39.0 Å². The maximum atomic E-state index is 12.4. The Morgan fingerprint density at radius 1 is 1.24 bits per heavy atom. The Bertz CT molecular complexity index is 527. The number of sulfone groups is 1. The van der Waals surface area contributed by atoms with E-state index in [1.54, 1.807) is 0 Å². The van der Waals surface area contributed by atoms with Crippen molar-refractivity contribution in [3.8, 4) is 0 Å². The van der Waals surface area contributed by atoms with Crippen LogP contribution in [0.15, 0.2) is 0 Å². The third-order valence-corrected chi connectivity index (χ3v) is 6.79. The molecule has 21 heavy (non-hydrogen) atoms. The SMILES string of the molecule is CC(C)S(=O)(=O)CC(=O)N1[C@@H]2CCCC[C@@H]2C[C@H]1C(=O)O. The summed E-state index contributed by atoms with van der Waals surface area (Å²) in [6.07, 6.45) is 4.18. The van der Waals surface area contributed by atoms with E-state index in [1.807, 2.05) is 0 Å². The van der Waals surface area contributed by atoms with Crippen molar-refractivity contribution in [1.29, 1.82) is 0 Å². The fraction of sp³-hybridized carbons (Fsp3) is 0.857. The molecule has 3 atom stereocenters. The van der Waals surface area contributed by atoms with Gasteiger partial charge in [0.1, 0.15) is 11.8 Å². The van der Waals surface area contributed by atoms with Gasteiger partial charge in [-0.1, -0.05) is 12.8 Å². The van der Waals surface area contributed by atoms with Gasteiger partial charge >= 0.3 is 5.97 Å². The van der Waals surface area contributed by atoms with Crippen LogP contribution >= 0.6 is 0 Å². The van der Waals surface area contributed by atoms with Crippen LogP contribution in [0.3, 0.4) is 0 Å². The van der Waals surface area contributed by atoms with Gasteiger partial charge in [0.15, 0.2) is 9.84 Å². The first-order chi connectivity index (χ1) is 9.74. The summed E-state index contributed by atoms with van der Waals surface area (Å²) < 4.78 is 23.9. The van der Waals surface area contributed by atoms with Gasteiger partial charge in [-0.25, -0.2) is 13.2 Å². The number of rotatable bonds is 4. The molecule has 1 aliphatic carbocycles. The van der Waals surface area contributed by atoms with Crippen molar-refractivity contribution in [2.24, 2.45) is 5.92 Å². The van der Waals surface area contributed by atoms with Crippen LogP contribution in [-0.4, -0.2) is 53.4 Å². The lowest BCUT2D eigenvalue weighted by atomic mass is 9.85. The lowest BCUT2D eigenvalue weighted by Gasteiger charge is -2.33. The lowest BCUT2D eigenvalue weighted by Crippen LogP contribution is -2.48. The van der Waals surface area contributed by atoms with Crippen molar-refractivity contribution in [3.63, 3.8) is 0 Å². The van der Waals surface area contributed by atoms with E-state index < -0.39 is 38.8 Å². The predicted octanol–water partition coefficient (Wildman–Crippen LogP) is 1.05. The molecule has 2 rings (SSSR count). The molecule has 1 amide bonds. The van der Waals surface area contributed by atoms with Crippen LogP contribution < -0.4 is 0 Å². The first kappa shape index (κ1) is 16.3. The summed E-state index contributed by atoms with van der Waals surface area (Å²) >= 11 is 0. The third kappa shape index (κ3) is 3.22. The molecule has 1 saturated heterocycles. The van der Waals surface area contributed by atoms with Crippen LogP contribution in [0, 0.1) is 5.92 Å². The van der Waals surface area contributed by atoms with Crippen LogP contribution in [-0.2, 0) is 19.4 Å². The molecule has 0 aromatic heterocycles. The highest BCUT2D eigenvalue weighted by Gasteiger charge is 2.48. The number of amides is 1. The molecule has 120 valence electrons. The number of likely N-dealkylation sites (tertiary alicyclic amines) is 1. The molecule has 0 spiro atoms. The monoisotopic (exact) mass is 317 g/mol. The highest BCUT2D eigenvalue weighted by atomic mass is 32.2. The molecule has 2 aliphatic rings. The molecular formula is C14H23NO5S. The number of carboxylic acids is 1. The molecule has 1 aliphatic heterocycles. The van der Waals surface area contributed by atoms with E-state index in [9.17, 15) is 23.1 Å². The summed E-state index contributed by atoms with van der Waals surface area (Å²) in [4.78, 5) is 25.2. The van der Waals surface area contributed by atoms with E-state index in [2.05, 4.69) is 0 Å². The number of aliphatic carboxylic acids is 1. The third-order valence-electron chi connectivity index (χ3n) is 4.70. The average molecular weight is 317 g/mol. The summed E-state index contributed by atoms with van der Waals surface area (Å²) in [6, 6.07) is -0.970. The molecule has 6 nitrogen and oxygen atoms in total. The first-order valence-electron chi connectivity index (χ1n) is 7.49. The number of nitrogens with zero attached hydrogens (tertiary/aromatic N) is 1. The number of carbonyl (C=O) groups is 2. The first-order valence-corrected chi connectivity index (χ1v) is 9.21. The number of fused-ring (bicyclic) bond motifs is 1. The number of hydrogen-bond acceptors (Lipinski definition) is 4. The molecule has 2 fully saturated rings. The summed E-state index contributed by atoms with van der Waals surface area (Å²) in [7, 11) is -3.51. The lowest BCUT2D eigenvalue weighted by molar-refractivity contribution is -0.148. The topological polar surface area (TPSA) is 91.8 Å². The second-order valence-electron chi connectivity index (χ2n) is 6.36. The second kappa shape index (κ2) is 5.94. The average Bonchev–Trinajstić information content (AvgIpc) is 2.77. The summed E-state index contributed by atoms with van der Waals surface area (Å²) in [5.41, 5.74) is 0. The molecular weight excluding hydrogens is 294 g/mol. The number of carboxylic acid groups (broad SMARTS) is 1. The minimum atomic E-state index is -3.51. The summed E-state index contributed by atoms with van der Waals surface area (Å²) in [6.45, 7) is 3.06. The zero-order valence-corrected chi connectivity index (χ0v) is 13.3. The van der Waals surface area contributed by atoms with Gasteiger partial charge in [-0.15, -0.1) is 0 Å². The van der Waals surface area contributed by atoms with Crippen LogP contribution in [0.5, 0.6) is 0 Å². The van der Waals surface area contributed by atoms with Gasteiger partial charge in [0.2, 0.25) is 5.91 Å². The van der Waals surface area contributed by atoms with Gasteiger partial charge < -0.3 is 10.0 Å². The highest BCUT2D eigenvalue weighted by molar-refractivity contribution is 7.92. The molecule has 1 saturated carbocycles. The number of carbonyl (C=O) groups excluding carboxylic acids is 1. The Morgan fingerprint density at radius 3 is 2.43 bits per heavy atom. The van der Waals surface area contributed by atoms with E-state index >= 15 is 0 Å². The van der Waals surface area contributed by atoms with Gasteiger partial charge in [-0.3, -0.25) is 4.79 Å². The molecule has 0 aromatic carbocycles. The van der Waals surface area contributed by atoms with Crippen molar-refractivity contribution in [3.05, 3.63) is 0 Å². The molecule has 0 radical (unpaired) electrons. The minimum Gasteiger partial charge on any atom is -0.480 e. The smallest absolute Gasteiger partial charge is 0.326 e. The van der Waals surface area contributed by atoms with E-state index in [4.69, 9.17) is 0 Å².